The van der Waals surface area contributed by atoms with Crippen molar-refractivity contribution in [3.05, 3.63) is 85.1 Å². The van der Waals surface area contributed by atoms with Crippen LogP contribution in [0, 0.1) is 0 Å². The first-order valence-electron chi connectivity index (χ1n) is 22.3. The quantitative estimate of drug-likeness (QED) is 0.0198. The largest absolute Gasteiger partial charge is 0.756 e. The molecule has 58 heavy (non-hydrogen) atoms. The second kappa shape index (κ2) is 39.6. The van der Waals surface area contributed by atoms with Crippen LogP contribution in [0.15, 0.2) is 85.1 Å². The van der Waals surface area contributed by atoms with Gasteiger partial charge >= 0.3 is 11.9 Å². The Morgan fingerprint density at radius 2 is 1.02 bits per heavy atom. The standard InChI is InChI=1S/C48H82NO8P/c1-6-8-10-12-14-16-18-20-22-23-24-25-27-29-31-33-35-37-39-41-48(51)57-46(45-56-58(52,53)55-43-42-49(3,4)5)44-54-47(50)40-38-36-34-32-30-28-26-21-19-17-15-13-11-9-7-2/h8,10,14,16,20,22,24-25,29-32,35,37,46H,6-7,9,11-13,15,17-19,21,23,26-28,33-34,36,38-45H2,1-5H3/b10-8+,16-14+,22-20+,25-24+,31-29+,32-30+,37-35+/t46-/m1/s1. The minimum Gasteiger partial charge on any atom is -0.756 e. The molecule has 10 heteroatoms. The molecule has 0 rings (SSSR count). The van der Waals surface area contributed by atoms with E-state index in [9.17, 15) is 19.0 Å². The van der Waals surface area contributed by atoms with Crippen molar-refractivity contribution < 1.29 is 42.1 Å². The average Bonchev–Trinajstić information content (AvgIpc) is 3.17. The van der Waals surface area contributed by atoms with E-state index in [0.29, 0.717) is 23.9 Å². The minimum absolute atomic E-state index is 0.0515. The number of esters is 2. The number of carbonyl (C=O) groups excluding carboxylic acids is 2. The summed E-state index contributed by atoms with van der Waals surface area (Å²) >= 11 is 0. The summed E-state index contributed by atoms with van der Waals surface area (Å²) in [6.45, 7) is 3.98. The first-order chi connectivity index (χ1) is 28.0. The van der Waals surface area contributed by atoms with Crippen LogP contribution < -0.4 is 4.89 Å². The summed E-state index contributed by atoms with van der Waals surface area (Å²) in [5.74, 6) is -0.966. The fourth-order valence-electron chi connectivity index (χ4n) is 5.44. The number of phosphoric acid groups is 1. The Morgan fingerprint density at radius 1 is 0.552 bits per heavy atom. The molecule has 0 bridgehead atoms. The van der Waals surface area contributed by atoms with Gasteiger partial charge in [0.25, 0.3) is 7.82 Å². The van der Waals surface area contributed by atoms with Crippen LogP contribution in [0.2, 0.25) is 0 Å². The zero-order valence-corrected chi connectivity index (χ0v) is 38.1. The molecule has 0 heterocycles. The smallest absolute Gasteiger partial charge is 0.306 e. The van der Waals surface area contributed by atoms with Crippen LogP contribution in [0.5, 0.6) is 0 Å². The maximum atomic E-state index is 12.6. The van der Waals surface area contributed by atoms with E-state index < -0.39 is 32.5 Å². The Hall–Kier alpha value is -2.81. The number of likely N-dealkylation sites (N-methyl/N-ethyl adjacent to an activating group) is 1. The summed E-state index contributed by atoms with van der Waals surface area (Å²) in [6.07, 6.45) is 50.6. The molecule has 9 nitrogen and oxygen atoms in total. The van der Waals surface area contributed by atoms with Gasteiger partial charge in [0.2, 0.25) is 0 Å². The van der Waals surface area contributed by atoms with Crippen LogP contribution in [-0.4, -0.2) is 70.0 Å². The number of phosphoric ester groups is 1. The molecule has 332 valence electrons. The van der Waals surface area contributed by atoms with Crippen molar-refractivity contribution in [2.75, 3.05) is 47.5 Å². The van der Waals surface area contributed by atoms with E-state index in [1.165, 1.54) is 57.8 Å². The molecule has 0 aliphatic heterocycles. The number of hydrogen-bond acceptors (Lipinski definition) is 8. The number of allylic oxidation sites excluding steroid dienone is 14. The van der Waals surface area contributed by atoms with Gasteiger partial charge in [0.05, 0.1) is 27.7 Å². The molecule has 0 aromatic heterocycles. The summed E-state index contributed by atoms with van der Waals surface area (Å²) in [4.78, 5) is 37.5. The molecule has 0 saturated carbocycles. The van der Waals surface area contributed by atoms with E-state index in [0.717, 1.165) is 57.8 Å². The minimum atomic E-state index is -4.65. The van der Waals surface area contributed by atoms with Gasteiger partial charge in [-0.3, -0.25) is 14.2 Å². The molecule has 0 N–H and O–H groups in total. The summed E-state index contributed by atoms with van der Waals surface area (Å²) in [6, 6.07) is 0. The van der Waals surface area contributed by atoms with Crippen molar-refractivity contribution in [2.45, 2.75) is 161 Å². The van der Waals surface area contributed by atoms with Crippen molar-refractivity contribution in [3.63, 3.8) is 0 Å². The molecule has 0 aliphatic rings. The SMILES string of the molecule is CC/C=C/C/C=C/C/C=C/C/C=C/C/C=C/C/C=C/CCC(=O)O[C@H](COC(=O)CCCC/C=C/CCCCCCCCCCC)COP(=O)([O-])OCC[N+](C)(C)C. The van der Waals surface area contributed by atoms with E-state index in [4.69, 9.17) is 18.5 Å². The topological polar surface area (TPSA) is 111 Å². The number of hydrogen-bond donors (Lipinski definition) is 0. The molecule has 0 aliphatic carbocycles. The molecular weight excluding hydrogens is 750 g/mol. The first kappa shape index (κ1) is 55.2. The van der Waals surface area contributed by atoms with Crippen LogP contribution in [0.25, 0.3) is 0 Å². The van der Waals surface area contributed by atoms with Gasteiger partial charge in [-0.15, -0.1) is 0 Å². The molecule has 2 atom stereocenters. The lowest BCUT2D eigenvalue weighted by molar-refractivity contribution is -0.870. The van der Waals surface area contributed by atoms with E-state index in [-0.39, 0.29) is 26.1 Å². The Morgan fingerprint density at radius 3 is 1.53 bits per heavy atom. The molecule has 0 radical (unpaired) electrons. The number of carbonyl (C=O) groups is 2. The Kier molecular flexibility index (Phi) is 37.7. The maximum absolute atomic E-state index is 12.6. The Bertz CT molecular complexity index is 1260. The van der Waals surface area contributed by atoms with E-state index in [1.54, 1.807) is 0 Å². The lowest BCUT2D eigenvalue weighted by Gasteiger charge is -2.28. The van der Waals surface area contributed by atoms with E-state index in [1.807, 2.05) is 33.3 Å². The summed E-state index contributed by atoms with van der Waals surface area (Å²) in [5, 5.41) is 0. The third-order valence-electron chi connectivity index (χ3n) is 8.91. The molecule has 0 aromatic rings. The molecule has 0 fully saturated rings. The van der Waals surface area contributed by atoms with Gasteiger partial charge in [0.15, 0.2) is 6.10 Å². The van der Waals surface area contributed by atoms with Crippen LogP contribution in [0.3, 0.4) is 0 Å². The highest BCUT2D eigenvalue weighted by molar-refractivity contribution is 7.45. The number of quaternary nitrogens is 1. The predicted molar refractivity (Wildman–Crippen MR) is 240 cm³/mol. The summed E-state index contributed by atoms with van der Waals surface area (Å²) in [7, 11) is 1.10. The second-order valence-electron chi connectivity index (χ2n) is 15.7. The normalized spacial score (nSPS) is 14.4. The van der Waals surface area contributed by atoms with Crippen LogP contribution in [0.1, 0.15) is 155 Å². The summed E-state index contributed by atoms with van der Waals surface area (Å²) < 4.78 is 33.8. The van der Waals surface area contributed by atoms with Crippen molar-refractivity contribution >= 4 is 19.8 Å². The van der Waals surface area contributed by atoms with Crippen LogP contribution in [0.4, 0.5) is 0 Å². The van der Waals surface area contributed by atoms with Gasteiger partial charge in [-0.2, -0.15) is 0 Å². The second-order valence-corrected chi connectivity index (χ2v) is 17.1. The Balaban J connectivity index is 4.53. The van der Waals surface area contributed by atoms with Gasteiger partial charge < -0.3 is 27.9 Å². The number of nitrogens with zero attached hydrogens (tertiary/aromatic N) is 1. The van der Waals surface area contributed by atoms with Crippen molar-refractivity contribution in [2.24, 2.45) is 0 Å². The fraction of sp³-hybridized carbons (Fsp3) is 0.667. The third-order valence-corrected chi connectivity index (χ3v) is 9.88. The van der Waals surface area contributed by atoms with Gasteiger partial charge in [-0.05, 0) is 77.0 Å². The third kappa shape index (κ3) is 42.8. The fourth-order valence-corrected chi connectivity index (χ4v) is 6.17. The monoisotopic (exact) mass is 832 g/mol. The van der Waals surface area contributed by atoms with Gasteiger partial charge in [-0.1, -0.05) is 150 Å². The van der Waals surface area contributed by atoms with Crippen molar-refractivity contribution in [3.8, 4) is 0 Å². The predicted octanol–water partition coefficient (Wildman–Crippen LogP) is 12.2. The summed E-state index contributed by atoms with van der Waals surface area (Å²) in [5.41, 5.74) is 0. The zero-order valence-electron chi connectivity index (χ0n) is 37.2. The van der Waals surface area contributed by atoms with Crippen LogP contribution in [-0.2, 0) is 32.7 Å². The van der Waals surface area contributed by atoms with E-state index >= 15 is 0 Å². The molecule has 0 saturated heterocycles. The van der Waals surface area contributed by atoms with Crippen LogP contribution >= 0.6 is 7.82 Å². The highest BCUT2D eigenvalue weighted by atomic mass is 31.2. The van der Waals surface area contributed by atoms with Gasteiger partial charge in [-0.25, -0.2) is 0 Å². The van der Waals surface area contributed by atoms with Gasteiger partial charge in [0.1, 0.15) is 19.8 Å². The number of rotatable bonds is 39. The van der Waals surface area contributed by atoms with E-state index in [2.05, 4.69) is 86.8 Å². The number of unbranched alkanes of at least 4 members (excludes halogenated alkanes) is 11. The number of ether oxygens (including phenoxy) is 2. The maximum Gasteiger partial charge on any atom is 0.306 e. The van der Waals surface area contributed by atoms with Crippen molar-refractivity contribution in [1.29, 1.82) is 0 Å². The highest BCUT2D eigenvalue weighted by Crippen LogP contribution is 2.38. The van der Waals surface area contributed by atoms with Gasteiger partial charge in [0, 0.05) is 12.8 Å². The lowest BCUT2D eigenvalue weighted by Crippen LogP contribution is -2.37. The molecule has 1 unspecified atom stereocenters. The van der Waals surface area contributed by atoms with Crippen molar-refractivity contribution in [1.82, 2.24) is 0 Å². The Labute approximate surface area is 354 Å². The molecule has 0 amide bonds. The molecule has 0 aromatic carbocycles. The molecule has 0 spiro atoms. The molecular formula is C48H82NO8P. The highest BCUT2D eigenvalue weighted by Gasteiger charge is 2.21. The zero-order chi connectivity index (χ0) is 42.8. The average molecular weight is 832 g/mol. The lowest BCUT2D eigenvalue weighted by atomic mass is 10.1. The first-order valence-corrected chi connectivity index (χ1v) is 23.8.